The number of nitrogens with one attached hydrogen (secondary N) is 3. The second-order valence-electron chi connectivity index (χ2n) is 7.83. The molecule has 37 heavy (non-hydrogen) atoms. The van der Waals surface area contributed by atoms with E-state index in [2.05, 4.69) is 24.5 Å². The van der Waals surface area contributed by atoms with Gasteiger partial charge in [0.25, 0.3) is 0 Å². The van der Waals surface area contributed by atoms with Crippen molar-refractivity contribution in [3.8, 4) is 44.6 Å². The summed E-state index contributed by atoms with van der Waals surface area (Å²) >= 11 is 7.21. The monoisotopic (exact) mass is 543 g/mol. The number of hydrogen-bond donors (Lipinski definition) is 3. The maximum atomic E-state index is 13.0. The van der Waals surface area contributed by atoms with Crippen LogP contribution in [0.4, 0.5) is 5.69 Å². The molecule has 0 radical (unpaired) electrons. The van der Waals surface area contributed by atoms with Gasteiger partial charge in [-0.2, -0.15) is 4.37 Å². The average molecular weight is 544 g/mol. The van der Waals surface area contributed by atoms with Crippen LogP contribution in [0.5, 0.6) is 23.0 Å². The molecule has 1 atom stereocenters. The van der Waals surface area contributed by atoms with Gasteiger partial charge >= 0.3 is 0 Å². The van der Waals surface area contributed by atoms with Crippen molar-refractivity contribution in [3.63, 3.8) is 0 Å². The van der Waals surface area contributed by atoms with E-state index in [4.69, 9.17) is 30.7 Å². The zero-order valence-electron chi connectivity index (χ0n) is 20.6. The van der Waals surface area contributed by atoms with Crippen LogP contribution in [0.25, 0.3) is 21.6 Å². The van der Waals surface area contributed by atoms with Crippen molar-refractivity contribution in [2.24, 2.45) is 0 Å². The summed E-state index contributed by atoms with van der Waals surface area (Å²) in [5.74, 6) is 1.76. The zero-order chi connectivity index (χ0) is 26.4. The molecule has 0 aliphatic carbocycles. The van der Waals surface area contributed by atoms with Gasteiger partial charge in [0.15, 0.2) is 11.5 Å². The molecule has 2 aromatic heterocycles. The third kappa shape index (κ3) is 5.63. The maximum absolute atomic E-state index is 13.0. The predicted molar refractivity (Wildman–Crippen MR) is 143 cm³/mol. The van der Waals surface area contributed by atoms with Crippen molar-refractivity contribution < 1.29 is 23.7 Å². The lowest BCUT2D eigenvalue weighted by molar-refractivity contribution is -0.117. The molecule has 0 fully saturated rings. The van der Waals surface area contributed by atoms with Gasteiger partial charge in [-0.1, -0.05) is 6.07 Å². The van der Waals surface area contributed by atoms with Gasteiger partial charge in [-0.3, -0.25) is 4.79 Å². The number of amides is 1. The number of benzene rings is 2. The smallest absolute Gasteiger partial charge is 0.243 e. The van der Waals surface area contributed by atoms with Gasteiger partial charge in [-0.05, 0) is 53.1 Å². The number of H-pyrrole nitrogens is 1. The molecule has 10 nitrogen and oxygen atoms in total. The first-order valence-corrected chi connectivity index (χ1v) is 12.3. The van der Waals surface area contributed by atoms with Crippen molar-refractivity contribution in [2.75, 3.05) is 33.8 Å². The van der Waals surface area contributed by atoms with Gasteiger partial charge in [0.1, 0.15) is 11.8 Å². The molecule has 0 spiro atoms. The van der Waals surface area contributed by atoms with Crippen molar-refractivity contribution in [1.82, 2.24) is 19.2 Å². The Morgan fingerprint density at radius 2 is 1.73 bits per heavy atom. The molecule has 0 bridgehead atoms. The highest BCUT2D eigenvalue weighted by molar-refractivity contribution is 7.10. The van der Waals surface area contributed by atoms with Crippen LogP contribution in [0.1, 0.15) is 5.69 Å². The van der Waals surface area contributed by atoms with Gasteiger partial charge in [0.05, 0.1) is 45.3 Å². The highest BCUT2D eigenvalue weighted by Gasteiger charge is 2.22. The molecular weight excluding hydrogens is 518 g/mol. The van der Waals surface area contributed by atoms with E-state index < -0.39 is 6.04 Å². The fraction of sp³-hybridized carbons (Fsp3) is 0.240. The van der Waals surface area contributed by atoms with E-state index in [0.717, 1.165) is 27.3 Å². The van der Waals surface area contributed by atoms with E-state index in [0.29, 0.717) is 35.1 Å². The minimum Gasteiger partial charge on any atom is -0.495 e. The fourth-order valence-electron chi connectivity index (χ4n) is 3.86. The van der Waals surface area contributed by atoms with E-state index in [1.54, 1.807) is 53.2 Å². The fourth-order valence-corrected chi connectivity index (χ4v) is 4.79. The lowest BCUT2D eigenvalue weighted by atomic mass is 10.0. The SMILES string of the molecule is COc1ccc(-c2cnsc2-c2cc(OC)c(OC)c(OC)c2)cc1NC(=O)[C@H](Cc1cnc[nH]1)NCl. The summed E-state index contributed by atoms with van der Waals surface area (Å²) in [6.45, 7) is 0. The molecule has 2 heterocycles. The van der Waals surface area contributed by atoms with Crippen molar-refractivity contribution in [3.05, 3.63) is 54.7 Å². The summed E-state index contributed by atoms with van der Waals surface area (Å²) in [5, 5.41) is 2.92. The Balaban J connectivity index is 1.68. The number of halogens is 1. The standard InChI is InChI=1S/C25H26ClN5O5S/c1-33-20-6-5-14(7-18(20)30-25(32)19(31-26)10-16-11-27-13-28-16)17-12-29-37-24(17)15-8-21(34-2)23(36-4)22(9-15)35-3/h5-9,11-13,19,31H,10H2,1-4H3,(H,27,28)(H,30,32)/t19-/m0/s1. The number of aromatic amines is 1. The van der Waals surface area contributed by atoms with Gasteiger partial charge < -0.3 is 29.2 Å². The van der Waals surface area contributed by atoms with Gasteiger partial charge in [0, 0.05) is 35.6 Å². The third-order valence-electron chi connectivity index (χ3n) is 5.69. The topological polar surface area (TPSA) is 120 Å². The lowest BCUT2D eigenvalue weighted by Gasteiger charge is -2.17. The largest absolute Gasteiger partial charge is 0.495 e. The molecule has 0 saturated carbocycles. The molecular formula is C25H26ClN5O5S. The predicted octanol–water partition coefficient (Wildman–Crippen LogP) is 4.53. The van der Waals surface area contributed by atoms with Crippen LogP contribution < -0.4 is 29.1 Å². The van der Waals surface area contributed by atoms with Crippen LogP contribution in [0.3, 0.4) is 0 Å². The van der Waals surface area contributed by atoms with E-state index >= 15 is 0 Å². The summed E-state index contributed by atoms with van der Waals surface area (Å²) in [7, 11) is 6.25. The normalized spacial score (nSPS) is 11.6. The van der Waals surface area contributed by atoms with Gasteiger partial charge in [-0.25, -0.2) is 9.82 Å². The Morgan fingerprint density at radius 3 is 2.32 bits per heavy atom. The van der Waals surface area contributed by atoms with E-state index in [1.807, 2.05) is 24.3 Å². The number of imidazole rings is 1. The Kier molecular flexibility index (Phi) is 8.49. The number of nitrogens with zero attached hydrogens (tertiary/aromatic N) is 2. The van der Waals surface area contributed by atoms with Crippen LogP contribution >= 0.6 is 23.3 Å². The van der Waals surface area contributed by atoms with Crippen LogP contribution in [-0.4, -0.2) is 54.7 Å². The number of carbonyl (C=O) groups is 1. The molecule has 12 heteroatoms. The number of carbonyl (C=O) groups excluding carboxylic acids is 1. The van der Waals surface area contributed by atoms with Crippen LogP contribution in [0, 0.1) is 0 Å². The molecule has 4 rings (SSSR count). The van der Waals surface area contributed by atoms with Gasteiger partial charge in [-0.15, -0.1) is 0 Å². The quantitative estimate of drug-likeness (QED) is 0.236. The Bertz CT molecular complexity index is 1340. The molecule has 194 valence electrons. The number of anilines is 1. The number of ether oxygens (including phenoxy) is 4. The number of methoxy groups -OCH3 is 4. The van der Waals surface area contributed by atoms with E-state index in [-0.39, 0.29) is 5.91 Å². The molecule has 0 saturated heterocycles. The molecule has 2 aromatic carbocycles. The molecule has 0 aliphatic rings. The summed E-state index contributed by atoms with van der Waals surface area (Å²) in [6, 6.07) is 8.58. The van der Waals surface area contributed by atoms with Crippen molar-refractivity contribution in [1.29, 1.82) is 0 Å². The molecule has 0 aliphatic heterocycles. The highest BCUT2D eigenvalue weighted by Crippen LogP contribution is 2.45. The molecule has 1 amide bonds. The van der Waals surface area contributed by atoms with Crippen molar-refractivity contribution >= 4 is 34.9 Å². The Labute approximate surface area is 223 Å². The average Bonchev–Trinajstić information content (AvgIpc) is 3.63. The van der Waals surface area contributed by atoms with Crippen LogP contribution in [0.15, 0.2) is 49.1 Å². The minimum absolute atomic E-state index is 0.326. The maximum Gasteiger partial charge on any atom is 0.243 e. The first-order chi connectivity index (χ1) is 18.0. The summed E-state index contributed by atoms with van der Waals surface area (Å²) in [4.78, 5) is 23.4. The van der Waals surface area contributed by atoms with Crippen LogP contribution in [-0.2, 0) is 11.2 Å². The summed E-state index contributed by atoms with van der Waals surface area (Å²) in [5.41, 5.74) is 3.81. The summed E-state index contributed by atoms with van der Waals surface area (Å²) < 4.78 is 26.4. The second kappa shape index (κ2) is 12.0. The highest BCUT2D eigenvalue weighted by atomic mass is 35.5. The molecule has 0 unspecified atom stereocenters. The number of hydrogen-bond acceptors (Lipinski definition) is 9. The van der Waals surface area contributed by atoms with Crippen LogP contribution in [0.2, 0.25) is 0 Å². The summed E-state index contributed by atoms with van der Waals surface area (Å²) in [6.07, 6.45) is 5.30. The number of rotatable bonds is 11. The number of aromatic nitrogens is 3. The first-order valence-electron chi connectivity index (χ1n) is 11.1. The lowest BCUT2D eigenvalue weighted by Crippen LogP contribution is -2.37. The Hall–Kier alpha value is -3.80. The second-order valence-corrected chi connectivity index (χ2v) is 8.85. The third-order valence-corrected chi connectivity index (χ3v) is 6.81. The first kappa shape index (κ1) is 26.3. The zero-order valence-corrected chi connectivity index (χ0v) is 22.2. The van der Waals surface area contributed by atoms with Gasteiger partial charge in [0.2, 0.25) is 11.7 Å². The van der Waals surface area contributed by atoms with E-state index in [9.17, 15) is 4.79 Å². The van der Waals surface area contributed by atoms with E-state index in [1.165, 1.54) is 11.5 Å². The molecule has 3 N–H and O–H groups in total. The minimum atomic E-state index is -0.701. The van der Waals surface area contributed by atoms with Crippen molar-refractivity contribution in [2.45, 2.75) is 12.5 Å². The Morgan fingerprint density at radius 1 is 1.00 bits per heavy atom. The molecule has 4 aromatic rings.